The minimum atomic E-state index is -3.67. The number of ether oxygens (including phenoxy) is 2. The first-order valence-electron chi connectivity index (χ1n) is 11.4. The molecule has 0 atom stereocenters. The van der Waals surface area contributed by atoms with E-state index in [4.69, 9.17) is 9.47 Å². The lowest BCUT2D eigenvalue weighted by Crippen LogP contribution is -2.47. The highest BCUT2D eigenvalue weighted by Gasteiger charge is 2.29. The van der Waals surface area contributed by atoms with E-state index in [-0.39, 0.29) is 34.9 Å². The average molecular weight is 491 g/mol. The van der Waals surface area contributed by atoms with E-state index in [0.717, 1.165) is 5.56 Å². The van der Waals surface area contributed by atoms with E-state index in [1.165, 1.54) is 16.6 Å². The van der Waals surface area contributed by atoms with Crippen molar-refractivity contribution >= 4 is 21.8 Å². The van der Waals surface area contributed by atoms with Crippen LogP contribution >= 0.6 is 0 Å². The van der Waals surface area contributed by atoms with E-state index < -0.39 is 10.0 Å². The molecule has 3 heterocycles. The Hall–Kier alpha value is -2.89. The number of hydrogen-bond donors (Lipinski definition) is 2. The number of amides is 2. The molecule has 0 saturated carbocycles. The zero-order valence-corrected chi connectivity index (χ0v) is 20.0. The summed E-state index contributed by atoms with van der Waals surface area (Å²) in [4.78, 5) is 30.1. The van der Waals surface area contributed by atoms with Crippen LogP contribution in [0.2, 0.25) is 0 Å². The highest BCUT2D eigenvalue weighted by molar-refractivity contribution is 7.89. The van der Waals surface area contributed by atoms with Gasteiger partial charge in [-0.2, -0.15) is 4.31 Å². The summed E-state index contributed by atoms with van der Waals surface area (Å²) in [6.07, 6.45) is 2.87. The van der Waals surface area contributed by atoms with Gasteiger partial charge in [0.05, 0.1) is 26.7 Å². The second-order valence-corrected chi connectivity index (χ2v) is 10.3. The number of methoxy groups -OCH3 is 1. The number of benzene rings is 1. The monoisotopic (exact) mass is 490 g/mol. The predicted molar refractivity (Wildman–Crippen MR) is 124 cm³/mol. The Labute approximate surface area is 199 Å². The molecule has 10 nitrogen and oxygen atoms in total. The minimum absolute atomic E-state index is 0.0246. The lowest BCUT2D eigenvalue weighted by atomic mass is 10.0. The molecule has 0 bridgehead atoms. The van der Waals surface area contributed by atoms with E-state index in [1.807, 2.05) is 24.3 Å². The number of carbonyl (C=O) groups is 2. The third kappa shape index (κ3) is 5.43. The highest BCUT2D eigenvalue weighted by atomic mass is 32.2. The van der Waals surface area contributed by atoms with Gasteiger partial charge in [0.1, 0.15) is 16.3 Å². The predicted octanol–water partition coefficient (Wildman–Crippen LogP) is 1.01. The van der Waals surface area contributed by atoms with E-state index in [1.54, 1.807) is 12.0 Å². The van der Waals surface area contributed by atoms with Gasteiger partial charge in [-0.15, -0.1) is 0 Å². The van der Waals surface area contributed by atoms with Crippen LogP contribution in [-0.4, -0.2) is 87.0 Å². The second kappa shape index (κ2) is 10.6. The number of carbonyl (C=O) groups excluding carboxylic acids is 2. The van der Waals surface area contributed by atoms with E-state index >= 15 is 0 Å². The summed E-state index contributed by atoms with van der Waals surface area (Å²) < 4.78 is 37.4. The maximum Gasteiger partial charge on any atom is 0.267 e. The summed E-state index contributed by atoms with van der Waals surface area (Å²) >= 11 is 0. The molecule has 34 heavy (non-hydrogen) atoms. The number of aromatic nitrogens is 1. The van der Waals surface area contributed by atoms with Gasteiger partial charge in [-0.1, -0.05) is 18.2 Å². The molecule has 0 radical (unpaired) electrons. The van der Waals surface area contributed by atoms with Crippen LogP contribution in [0.1, 0.15) is 28.9 Å². The molecule has 1 aromatic carbocycles. The highest BCUT2D eigenvalue weighted by Crippen LogP contribution is 2.21. The first kappa shape index (κ1) is 24.2. The molecule has 2 N–H and O–H groups in total. The fourth-order valence-corrected chi connectivity index (χ4v) is 5.65. The summed E-state index contributed by atoms with van der Waals surface area (Å²) in [6.45, 7) is 2.39. The summed E-state index contributed by atoms with van der Waals surface area (Å²) in [5.74, 6) is 0.359. The van der Waals surface area contributed by atoms with Crippen LogP contribution in [-0.2, 0) is 26.0 Å². The fourth-order valence-electron chi connectivity index (χ4n) is 4.25. The summed E-state index contributed by atoms with van der Waals surface area (Å²) in [6, 6.07) is 8.74. The van der Waals surface area contributed by atoms with Gasteiger partial charge in [0, 0.05) is 44.0 Å². The van der Waals surface area contributed by atoms with E-state index in [2.05, 4.69) is 10.3 Å². The number of rotatable bonds is 7. The van der Waals surface area contributed by atoms with Crippen molar-refractivity contribution < 1.29 is 27.5 Å². The SMILES string of the molecule is COc1ccccc1CC(=O)N1CCC(NC(=O)c2cc(S(=O)(=O)N3CCOCC3)c[nH]2)CC1. The minimum Gasteiger partial charge on any atom is -0.496 e. The zero-order chi connectivity index (χ0) is 24.1. The molecule has 11 heteroatoms. The fraction of sp³-hybridized carbons (Fsp3) is 0.478. The number of para-hydroxylation sites is 1. The number of hydrogen-bond acceptors (Lipinski definition) is 6. The van der Waals surface area contributed by atoms with Gasteiger partial charge in [0.15, 0.2) is 0 Å². The van der Waals surface area contributed by atoms with Crippen molar-refractivity contribution in [2.24, 2.45) is 0 Å². The number of piperidine rings is 1. The molecule has 4 rings (SSSR count). The lowest BCUT2D eigenvalue weighted by molar-refractivity contribution is -0.131. The Kier molecular flexibility index (Phi) is 7.54. The van der Waals surface area contributed by atoms with Crippen LogP contribution in [0.25, 0.3) is 0 Å². The largest absolute Gasteiger partial charge is 0.496 e. The van der Waals surface area contributed by atoms with Gasteiger partial charge in [-0.25, -0.2) is 8.42 Å². The van der Waals surface area contributed by atoms with Crippen molar-refractivity contribution in [1.82, 2.24) is 19.5 Å². The van der Waals surface area contributed by atoms with Crippen molar-refractivity contribution in [3.63, 3.8) is 0 Å². The van der Waals surface area contributed by atoms with Gasteiger partial charge >= 0.3 is 0 Å². The van der Waals surface area contributed by atoms with Crippen LogP contribution in [0, 0.1) is 0 Å². The number of H-pyrrole nitrogens is 1. The Morgan fingerprint density at radius 3 is 2.56 bits per heavy atom. The molecule has 184 valence electrons. The van der Waals surface area contributed by atoms with Crippen LogP contribution in [0.3, 0.4) is 0 Å². The van der Waals surface area contributed by atoms with Crippen molar-refractivity contribution in [1.29, 1.82) is 0 Å². The summed E-state index contributed by atoms with van der Waals surface area (Å²) in [5, 5.41) is 2.95. The topological polar surface area (TPSA) is 121 Å². The van der Waals surface area contributed by atoms with Gasteiger partial charge in [0.25, 0.3) is 5.91 Å². The second-order valence-electron chi connectivity index (χ2n) is 8.38. The summed E-state index contributed by atoms with van der Waals surface area (Å²) in [7, 11) is -2.08. The number of nitrogens with zero attached hydrogens (tertiary/aromatic N) is 2. The molecule has 2 amide bonds. The molecular formula is C23H30N4O6S. The quantitative estimate of drug-likeness (QED) is 0.598. The van der Waals surface area contributed by atoms with E-state index in [9.17, 15) is 18.0 Å². The molecule has 2 aliphatic heterocycles. The molecular weight excluding hydrogens is 460 g/mol. The van der Waals surface area contributed by atoms with Gasteiger partial charge in [0.2, 0.25) is 15.9 Å². The maximum absolute atomic E-state index is 12.8. The normalized spacial score (nSPS) is 18.0. The van der Waals surface area contributed by atoms with Crippen LogP contribution in [0.5, 0.6) is 5.75 Å². The van der Waals surface area contributed by atoms with Crippen molar-refractivity contribution in [2.75, 3.05) is 46.5 Å². The van der Waals surface area contributed by atoms with E-state index in [0.29, 0.717) is 58.0 Å². The molecule has 0 spiro atoms. The molecule has 1 aromatic heterocycles. The smallest absolute Gasteiger partial charge is 0.267 e. The molecule has 2 aromatic rings. The Morgan fingerprint density at radius 2 is 1.85 bits per heavy atom. The molecule has 2 saturated heterocycles. The van der Waals surface area contributed by atoms with Gasteiger partial charge in [-0.05, 0) is 25.0 Å². The molecule has 0 aliphatic carbocycles. The maximum atomic E-state index is 12.8. The molecule has 2 aliphatic rings. The van der Waals surface area contributed by atoms with Crippen LogP contribution < -0.4 is 10.1 Å². The number of sulfonamides is 1. The van der Waals surface area contributed by atoms with Gasteiger partial charge in [-0.3, -0.25) is 9.59 Å². The summed E-state index contributed by atoms with van der Waals surface area (Å²) in [5.41, 5.74) is 1.04. The number of nitrogens with one attached hydrogen (secondary N) is 2. The standard InChI is InChI=1S/C23H30N4O6S/c1-32-21-5-3-2-4-17(21)14-22(28)26-8-6-18(7-9-26)25-23(29)20-15-19(16-24-20)34(30,31)27-10-12-33-13-11-27/h2-5,15-16,18,24H,6-14H2,1H3,(H,25,29). The first-order chi connectivity index (χ1) is 16.4. The van der Waals surface area contributed by atoms with Gasteiger partial charge < -0.3 is 24.7 Å². The van der Waals surface area contributed by atoms with Crippen molar-refractivity contribution in [3.8, 4) is 5.75 Å². The first-order valence-corrected chi connectivity index (χ1v) is 12.8. The average Bonchev–Trinajstić information content (AvgIpc) is 3.37. The zero-order valence-electron chi connectivity index (χ0n) is 19.2. The third-order valence-electron chi connectivity index (χ3n) is 6.23. The third-order valence-corrected chi connectivity index (χ3v) is 8.10. The Morgan fingerprint density at radius 1 is 1.15 bits per heavy atom. The lowest BCUT2D eigenvalue weighted by Gasteiger charge is -2.32. The molecule has 0 unspecified atom stereocenters. The Balaban J connectivity index is 1.29. The van der Waals surface area contributed by atoms with Crippen molar-refractivity contribution in [2.45, 2.75) is 30.2 Å². The Bertz CT molecular complexity index is 1120. The molecule has 2 fully saturated rings. The van der Waals surface area contributed by atoms with Crippen LogP contribution in [0.4, 0.5) is 0 Å². The number of morpholine rings is 1. The number of likely N-dealkylation sites (tertiary alicyclic amines) is 1. The number of aromatic amines is 1. The van der Waals surface area contributed by atoms with Crippen LogP contribution in [0.15, 0.2) is 41.4 Å². The van der Waals surface area contributed by atoms with Crippen molar-refractivity contribution in [3.05, 3.63) is 47.8 Å².